The van der Waals surface area contributed by atoms with E-state index in [4.69, 9.17) is 0 Å². The van der Waals surface area contributed by atoms with Crippen LogP contribution in [-0.2, 0) is 0 Å². The molecule has 0 bridgehead atoms. The van der Waals surface area contributed by atoms with Crippen LogP contribution >= 0.6 is 11.3 Å². The zero-order chi connectivity index (χ0) is 37.5. The fourth-order valence-electron chi connectivity index (χ4n) is 9.08. The lowest BCUT2D eigenvalue weighted by atomic mass is 9.98. The molecule has 0 radical (unpaired) electrons. The van der Waals surface area contributed by atoms with Crippen LogP contribution < -0.4 is 0 Å². The van der Waals surface area contributed by atoms with Gasteiger partial charge in [-0.15, -0.1) is 11.3 Å². The van der Waals surface area contributed by atoms with Crippen molar-refractivity contribution in [3.8, 4) is 44.8 Å². The molecule has 0 aliphatic rings. The SMILES string of the molecule is c1ccc(-c2cccc(-c3ccc4c(c3)c3ccccc3n4-c3ccc(-c4ccc(-n5c6ccccc6c6ccc7sc8ccccc8c7c65)cc4)cc3)c2)cc1. The number of rotatable bonds is 5. The average Bonchev–Trinajstić information content (AvgIpc) is 3.94. The maximum Gasteiger partial charge on any atom is 0.0634 e. The summed E-state index contributed by atoms with van der Waals surface area (Å²) < 4.78 is 7.51. The van der Waals surface area contributed by atoms with Crippen molar-refractivity contribution in [2.75, 3.05) is 0 Å². The first-order valence-corrected chi connectivity index (χ1v) is 20.3. The van der Waals surface area contributed by atoms with Crippen LogP contribution in [-0.4, -0.2) is 9.13 Å². The molecule has 3 heterocycles. The molecule has 9 aromatic carbocycles. The van der Waals surface area contributed by atoms with Crippen LogP contribution in [0.25, 0.3) is 109 Å². The Bertz CT molecular complexity index is 3490. The van der Waals surface area contributed by atoms with E-state index in [1.807, 2.05) is 11.3 Å². The van der Waals surface area contributed by atoms with Gasteiger partial charge in [0, 0.05) is 53.1 Å². The lowest BCUT2D eigenvalue weighted by Gasteiger charge is -2.12. The normalized spacial score (nSPS) is 11.9. The van der Waals surface area contributed by atoms with Crippen molar-refractivity contribution in [2.45, 2.75) is 0 Å². The third-order valence-electron chi connectivity index (χ3n) is 11.7. The average molecular weight is 743 g/mol. The van der Waals surface area contributed by atoms with Crippen molar-refractivity contribution in [3.63, 3.8) is 0 Å². The number of para-hydroxylation sites is 2. The molecule has 3 heteroatoms. The second-order valence-electron chi connectivity index (χ2n) is 14.9. The molecule has 0 N–H and O–H groups in total. The van der Waals surface area contributed by atoms with Gasteiger partial charge in [0.25, 0.3) is 0 Å². The van der Waals surface area contributed by atoms with E-state index in [9.17, 15) is 0 Å². The first kappa shape index (κ1) is 32.1. The van der Waals surface area contributed by atoms with Crippen molar-refractivity contribution in [1.29, 1.82) is 0 Å². The van der Waals surface area contributed by atoms with Crippen LogP contribution in [0, 0.1) is 0 Å². The zero-order valence-corrected chi connectivity index (χ0v) is 31.7. The molecule has 0 aliphatic heterocycles. The van der Waals surface area contributed by atoms with Crippen molar-refractivity contribution >= 4 is 75.1 Å². The maximum atomic E-state index is 2.46. The van der Waals surface area contributed by atoms with E-state index in [1.165, 1.54) is 103 Å². The lowest BCUT2D eigenvalue weighted by Crippen LogP contribution is -1.95. The molecule has 3 aromatic heterocycles. The molecular formula is C54H34N2S. The van der Waals surface area contributed by atoms with Crippen LogP contribution in [0.1, 0.15) is 0 Å². The summed E-state index contributed by atoms with van der Waals surface area (Å²) in [6.07, 6.45) is 0. The predicted octanol–water partition coefficient (Wildman–Crippen LogP) is 15.2. The lowest BCUT2D eigenvalue weighted by molar-refractivity contribution is 1.18. The van der Waals surface area contributed by atoms with Gasteiger partial charge in [-0.05, 0) is 100 Å². The van der Waals surface area contributed by atoms with E-state index in [1.54, 1.807) is 0 Å². The minimum atomic E-state index is 1.15. The smallest absolute Gasteiger partial charge is 0.0634 e. The standard InChI is InChI=1S/C54H34N2S/c1-2-11-35(12-3-1)38-13-10-14-39(33-38)40-25-31-50-47(34-40)44-16-5-7-18-48(44)55(50)41-26-21-36(22-27-41)37-23-28-42(29-24-37)56-49-19-8-4-15-43(49)45-30-32-52-53(54(45)56)46-17-6-9-20-51(46)57-52/h1-34H. The molecule has 0 saturated heterocycles. The summed E-state index contributed by atoms with van der Waals surface area (Å²) in [5.41, 5.74) is 14.5. The van der Waals surface area contributed by atoms with Crippen LogP contribution in [0.4, 0.5) is 0 Å². The Morgan fingerprint density at radius 3 is 1.53 bits per heavy atom. The first-order chi connectivity index (χ1) is 28.3. The van der Waals surface area contributed by atoms with Crippen molar-refractivity contribution in [2.24, 2.45) is 0 Å². The second-order valence-corrected chi connectivity index (χ2v) is 16.0. The highest BCUT2D eigenvalue weighted by Crippen LogP contribution is 2.43. The highest BCUT2D eigenvalue weighted by Gasteiger charge is 2.18. The molecule has 0 saturated carbocycles. The van der Waals surface area contributed by atoms with E-state index in [-0.39, 0.29) is 0 Å². The van der Waals surface area contributed by atoms with Gasteiger partial charge in [0.2, 0.25) is 0 Å². The number of hydrogen-bond acceptors (Lipinski definition) is 1. The summed E-state index contributed by atoms with van der Waals surface area (Å²) in [6, 6.07) is 75.5. The predicted molar refractivity (Wildman–Crippen MR) is 244 cm³/mol. The molecular weight excluding hydrogens is 709 g/mol. The fraction of sp³-hybridized carbons (Fsp3) is 0. The van der Waals surface area contributed by atoms with Crippen molar-refractivity contribution < 1.29 is 0 Å². The van der Waals surface area contributed by atoms with Crippen LogP contribution in [0.2, 0.25) is 0 Å². The van der Waals surface area contributed by atoms with Gasteiger partial charge in [0.1, 0.15) is 0 Å². The van der Waals surface area contributed by atoms with Gasteiger partial charge in [0.05, 0.1) is 22.1 Å². The summed E-state index contributed by atoms with van der Waals surface area (Å²) in [7, 11) is 0. The van der Waals surface area contributed by atoms with E-state index in [0.29, 0.717) is 0 Å². The summed E-state index contributed by atoms with van der Waals surface area (Å²) in [5, 5.41) is 7.74. The zero-order valence-electron chi connectivity index (χ0n) is 30.9. The maximum absolute atomic E-state index is 2.46. The number of hydrogen-bond donors (Lipinski definition) is 0. The second kappa shape index (κ2) is 12.7. The van der Waals surface area contributed by atoms with Crippen molar-refractivity contribution in [1.82, 2.24) is 9.13 Å². The van der Waals surface area contributed by atoms with E-state index in [0.717, 1.165) is 5.69 Å². The molecule has 0 fully saturated rings. The molecule has 0 spiro atoms. The Hall–Kier alpha value is -7.20. The van der Waals surface area contributed by atoms with Gasteiger partial charge in [-0.1, -0.05) is 140 Å². The number of aromatic nitrogens is 2. The molecule has 0 unspecified atom stereocenters. The third kappa shape index (κ3) is 5.03. The Kier molecular flexibility index (Phi) is 7.13. The molecule has 12 aromatic rings. The molecule has 2 nitrogen and oxygen atoms in total. The molecule has 12 rings (SSSR count). The van der Waals surface area contributed by atoms with E-state index < -0.39 is 0 Å². The summed E-state index contributed by atoms with van der Waals surface area (Å²) in [4.78, 5) is 0. The van der Waals surface area contributed by atoms with E-state index in [2.05, 4.69) is 215 Å². The molecule has 57 heavy (non-hydrogen) atoms. The minimum Gasteiger partial charge on any atom is -0.309 e. The van der Waals surface area contributed by atoms with Gasteiger partial charge in [-0.25, -0.2) is 0 Å². The number of thiophene rings is 1. The molecule has 0 amide bonds. The van der Waals surface area contributed by atoms with Crippen molar-refractivity contribution in [3.05, 3.63) is 206 Å². The van der Waals surface area contributed by atoms with Gasteiger partial charge < -0.3 is 9.13 Å². The minimum absolute atomic E-state index is 1.15. The van der Waals surface area contributed by atoms with Crippen LogP contribution in [0.3, 0.4) is 0 Å². The molecule has 0 aliphatic carbocycles. The fourth-order valence-corrected chi connectivity index (χ4v) is 10.2. The third-order valence-corrected chi connectivity index (χ3v) is 12.9. The van der Waals surface area contributed by atoms with Crippen LogP contribution in [0.15, 0.2) is 206 Å². The Balaban J connectivity index is 0.923. The summed E-state index contributed by atoms with van der Waals surface area (Å²) in [5.74, 6) is 0. The summed E-state index contributed by atoms with van der Waals surface area (Å²) in [6.45, 7) is 0. The largest absolute Gasteiger partial charge is 0.309 e. The monoisotopic (exact) mass is 742 g/mol. The number of benzene rings is 9. The topological polar surface area (TPSA) is 9.86 Å². The number of nitrogens with zero attached hydrogens (tertiary/aromatic N) is 2. The first-order valence-electron chi connectivity index (χ1n) is 19.5. The van der Waals surface area contributed by atoms with Gasteiger partial charge in [-0.2, -0.15) is 0 Å². The Morgan fingerprint density at radius 2 is 0.789 bits per heavy atom. The highest BCUT2D eigenvalue weighted by molar-refractivity contribution is 7.26. The van der Waals surface area contributed by atoms with Gasteiger partial charge in [0.15, 0.2) is 0 Å². The molecule has 0 atom stereocenters. The van der Waals surface area contributed by atoms with Gasteiger partial charge >= 0.3 is 0 Å². The van der Waals surface area contributed by atoms with E-state index >= 15 is 0 Å². The summed E-state index contributed by atoms with van der Waals surface area (Å²) >= 11 is 1.88. The Morgan fingerprint density at radius 1 is 0.281 bits per heavy atom. The highest BCUT2D eigenvalue weighted by atomic mass is 32.1. The quantitative estimate of drug-likeness (QED) is 0.166. The Labute approximate surface area is 333 Å². The van der Waals surface area contributed by atoms with Crippen LogP contribution in [0.5, 0.6) is 0 Å². The van der Waals surface area contributed by atoms with Gasteiger partial charge in [-0.3, -0.25) is 0 Å². The molecule has 266 valence electrons. The number of fused-ring (bicyclic) bond motifs is 10.